The monoisotopic (exact) mass is 626 g/mol. The normalized spacial score (nSPS) is 15.9. The number of aromatic nitrogens is 1. The Balaban J connectivity index is 1.30. The number of allylic oxidation sites excluding steroid dienone is 5. The second-order valence-electron chi connectivity index (χ2n) is 13.1. The summed E-state index contributed by atoms with van der Waals surface area (Å²) >= 11 is 0. The molecule has 0 N–H and O–H groups in total. The predicted octanol–water partition coefficient (Wildman–Crippen LogP) is 12.1. The zero-order valence-electron chi connectivity index (χ0n) is 27.1. The maximum Gasteiger partial charge on any atom is 0.135 e. The summed E-state index contributed by atoms with van der Waals surface area (Å²) < 4.78 is 22.6. The molecule has 1 atom stereocenters. The molecule has 0 saturated carbocycles. The molecule has 9 rings (SSSR count). The maximum absolute atomic E-state index is 14.0. The number of hydrogen-bond donors (Lipinski definition) is 0. The molecule has 5 aromatic carbocycles. The van der Waals surface area contributed by atoms with Crippen LogP contribution in [-0.2, 0) is 6.42 Å². The quantitative estimate of drug-likeness (QED) is 0.190. The average molecular weight is 627 g/mol. The van der Waals surface area contributed by atoms with Crippen molar-refractivity contribution < 1.29 is 8.81 Å². The summed E-state index contributed by atoms with van der Waals surface area (Å²) in [5, 5.41) is 3.43. The topological polar surface area (TPSA) is 21.3 Å². The molecule has 1 unspecified atom stereocenters. The van der Waals surface area contributed by atoms with Crippen LogP contribution in [0.3, 0.4) is 0 Å². The lowest BCUT2D eigenvalue weighted by Gasteiger charge is -2.34. The first kappa shape index (κ1) is 28.6. The Labute approximate surface area is 279 Å². The number of fused-ring (bicyclic) bond motifs is 6. The molecule has 0 saturated heterocycles. The number of hydrogen-bond acceptors (Lipinski definition) is 2. The summed E-state index contributed by atoms with van der Waals surface area (Å²) in [5.74, 6) is 0.189. The van der Waals surface area contributed by atoms with Crippen LogP contribution in [0.25, 0.3) is 50.2 Å². The molecule has 3 nitrogen and oxygen atoms in total. The molecule has 2 aliphatic rings. The number of aryl methyl sites for hydroxylation is 1. The van der Waals surface area contributed by atoms with E-state index in [0.717, 1.165) is 58.1 Å². The van der Waals surface area contributed by atoms with Crippen molar-refractivity contribution in [1.82, 2.24) is 4.57 Å². The van der Waals surface area contributed by atoms with Crippen LogP contribution in [0, 0.1) is 18.7 Å². The molecule has 0 amide bonds. The van der Waals surface area contributed by atoms with Gasteiger partial charge in [-0.3, -0.25) is 0 Å². The lowest BCUT2D eigenvalue weighted by atomic mass is 9.84. The van der Waals surface area contributed by atoms with E-state index in [2.05, 4.69) is 120 Å². The minimum atomic E-state index is -0.226. The largest absolute Gasteiger partial charge is 0.456 e. The SMILES string of the molecule is Cc1cccc(N(C2=Cc3c(n(-c4ccc(F)cc4)c4ccccc34)CC2)c2ccc3oc4ccccc4c3c2)c1C1=CC=CCC1C. The van der Waals surface area contributed by atoms with Crippen molar-refractivity contribution in [3.05, 3.63) is 161 Å². The van der Waals surface area contributed by atoms with Gasteiger partial charge < -0.3 is 13.9 Å². The third kappa shape index (κ3) is 4.55. The number of rotatable bonds is 5. The predicted molar refractivity (Wildman–Crippen MR) is 197 cm³/mol. The standard InChI is InChI=1S/C44H35FN2O/c1-28-10-3-4-12-34(28)44-29(2)11-9-16-41(44)46(33-23-25-43-38(27-33)36-14-6-8-17-42(36)48-43)32-22-24-40-37(26-32)35-13-5-7-15-39(35)47(40)31-20-18-30(45)19-21-31/h3-9,11-21,23,25-28H,10,22,24H2,1-2H3. The van der Waals surface area contributed by atoms with Crippen LogP contribution < -0.4 is 4.90 Å². The first-order valence-electron chi connectivity index (χ1n) is 16.8. The van der Waals surface area contributed by atoms with Gasteiger partial charge in [0.05, 0.1) is 11.2 Å². The Morgan fingerprint density at radius 2 is 1.58 bits per heavy atom. The zero-order valence-corrected chi connectivity index (χ0v) is 27.1. The molecule has 0 radical (unpaired) electrons. The molecular formula is C44H35FN2O. The van der Waals surface area contributed by atoms with E-state index in [1.54, 1.807) is 12.1 Å². The van der Waals surface area contributed by atoms with Crippen LogP contribution in [0.1, 0.15) is 42.1 Å². The van der Waals surface area contributed by atoms with Gasteiger partial charge >= 0.3 is 0 Å². The minimum absolute atomic E-state index is 0.226. The fourth-order valence-corrected chi connectivity index (χ4v) is 7.87. The van der Waals surface area contributed by atoms with Gasteiger partial charge in [0.15, 0.2) is 0 Å². The molecular weight excluding hydrogens is 591 g/mol. The van der Waals surface area contributed by atoms with Crippen molar-refractivity contribution in [2.45, 2.75) is 33.1 Å². The molecule has 2 aliphatic carbocycles. The number of furan rings is 1. The molecule has 7 aromatic rings. The van der Waals surface area contributed by atoms with Crippen LogP contribution >= 0.6 is 0 Å². The Hall–Kier alpha value is -5.61. The van der Waals surface area contributed by atoms with E-state index >= 15 is 0 Å². The Morgan fingerprint density at radius 3 is 2.44 bits per heavy atom. The van der Waals surface area contributed by atoms with Gasteiger partial charge in [0.1, 0.15) is 17.0 Å². The first-order valence-corrected chi connectivity index (χ1v) is 16.8. The molecule has 2 aromatic heterocycles. The second-order valence-corrected chi connectivity index (χ2v) is 13.1. The van der Waals surface area contributed by atoms with Crippen molar-refractivity contribution in [2.75, 3.05) is 4.90 Å². The van der Waals surface area contributed by atoms with E-state index in [1.165, 1.54) is 44.7 Å². The molecule has 2 heterocycles. The number of nitrogens with zero attached hydrogens (tertiary/aromatic N) is 2. The van der Waals surface area contributed by atoms with Gasteiger partial charge in [-0.2, -0.15) is 0 Å². The van der Waals surface area contributed by atoms with Gasteiger partial charge in [-0.25, -0.2) is 4.39 Å². The molecule has 234 valence electrons. The summed E-state index contributed by atoms with van der Waals surface area (Å²) in [5.41, 5.74) is 13.8. The van der Waals surface area contributed by atoms with E-state index < -0.39 is 0 Å². The van der Waals surface area contributed by atoms with Crippen LogP contribution in [-0.4, -0.2) is 4.57 Å². The van der Waals surface area contributed by atoms with Crippen molar-refractivity contribution >= 4 is 55.9 Å². The van der Waals surface area contributed by atoms with E-state index in [1.807, 2.05) is 24.3 Å². The fourth-order valence-electron chi connectivity index (χ4n) is 7.87. The average Bonchev–Trinajstić information content (AvgIpc) is 3.65. The highest BCUT2D eigenvalue weighted by molar-refractivity contribution is 6.06. The zero-order chi connectivity index (χ0) is 32.4. The number of para-hydroxylation sites is 2. The summed E-state index contributed by atoms with van der Waals surface area (Å²) in [7, 11) is 0. The summed E-state index contributed by atoms with van der Waals surface area (Å²) in [4.78, 5) is 2.49. The van der Waals surface area contributed by atoms with Crippen LogP contribution in [0.5, 0.6) is 0 Å². The molecule has 0 aliphatic heterocycles. The maximum atomic E-state index is 14.0. The third-order valence-electron chi connectivity index (χ3n) is 10.1. The van der Waals surface area contributed by atoms with Crippen LogP contribution in [0.15, 0.2) is 138 Å². The number of anilines is 2. The molecule has 4 heteroatoms. The van der Waals surface area contributed by atoms with Gasteiger partial charge in [-0.05, 0) is 110 Å². The van der Waals surface area contributed by atoms with Crippen LogP contribution in [0.4, 0.5) is 15.8 Å². The van der Waals surface area contributed by atoms with Crippen molar-refractivity contribution in [3.63, 3.8) is 0 Å². The summed E-state index contributed by atoms with van der Waals surface area (Å²) in [6.45, 7) is 4.56. The van der Waals surface area contributed by atoms with Crippen molar-refractivity contribution in [1.29, 1.82) is 0 Å². The Bertz CT molecular complexity index is 2470. The van der Waals surface area contributed by atoms with E-state index in [9.17, 15) is 4.39 Å². The summed E-state index contributed by atoms with van der Waals surface area (Å²) in [6, 6.07) is 37.0. The fraction of sp³-hybridized carbons (Fsp3) is 0.136. The van der Waals surface area contributed by atoms with Gasteiger partial charge in [-0.1, -0.05) is 73.7 Å². The molecule has 0 spiro atoms. The van der Waals surface area contributed by atoms with Crippen molar-refractivity contribution in [3.8, 4) is 5.69 Å². The highest BCUT2D eigenvalue weighted by Crippen LogP contribution is 2.46. The Morgan fingerprint density at radius 1 is 0.792 bits per heavy atom. The highest BCUT2D eigenvalue weighted by Gasteiger charge is 2.28. The van der Waals surface area contributed by atoms with E-state index in [4.69, 9.17) is 4.42 Å². The molecule has 0 fully saturated rings. The van der Waals surface area contributed by atoms with Gasteiger partial charge in [0.2, 0.25) is 0 Å². The highest BCUT2D eigenvalue weighted by atomic mass is 19.1. The second kappa shape index (κ2) is 11.3. The van der Waals surface area contributed by atoms with Gasteiger partial charge in [-0.15, -0.1) is 0 Å². The summed E-state index contributed by atoms with van der Waals surface area (Å²) in [6.07, 6.45) is 11.9. The van der Waals surface area contributed by atoms with E-state index in [0.29, 0.717) is 5.92 Å². The molecule has 0 bridgehead atoms. The smallest absolute Gasteiger partial charge is 0.135 e. The van der Waals surface area contributed by atoms with Crippen molar-refractivity contribution in [2.24, 2.45) is 5.92 Å². The van der Waals surface area contributed by atoms with E-state index in [-0.39, 0.29) is 5.82 Å². The van der Waals surface area contributed by atoms with Crippen LogP contribution in [0.2, 0.25) is 0 Å². The minimum Gasteiger partial charge on any atom is -0.456 e. The molecule has 48 heavy (non-hydrogen) atoms. The Kier molecular flexibility index (Phi) is 6.72. The first-order chi connectivity index (χ1) is 23.5. The number of halogens is 1. The lowest BCUT2D eigenvalue weighted by molar-refractivity contribution is 0.627. The van der Waals surface area contributed by atoms with Gasteiger partial charge in [0, 0.05) is 50.1 Å². The van der Waals surface area contributed by atoms with Gasteiger partial charge in [0.25, 0.3) is 0 Å². The third-order valence-corrected chi connectivity index (χ3v) is 10.1. The number of benzene rings is 5. The lowest BCUT2D eigenvalue weighted by Crippen LogP contribution is -2.21.